The third-order valence-corrected chi connectivity index (χ3v) is 6.69. The number of piperazine rings is 1. The smallest absolute Gasteiger partial charge is 0.409 e. The van der Waals surface area contributed by atoms with Gasteiger partial charge in [-0.05, 0) is 12.5 Å². The first-order chi connectivity index (χ1) is 15.6. The van der Waals surface area contributed by atoms with E-state index in [-0.39, 0.29) is 18.4 Å². The van der Waals surface area contributed by atoms with Crippen LogP contribution in [0.5, 0.6) is 0 Å². The van der Waals surface area contributed by atoms with E-state index in [9.17, 15) is 9.59 Å². The molecule has 0 aliphatic carbocycles. The molecular weight excluding hydrogens is 428 g/mol. The van der Waals surface area contributed by atoms with E-state index < -0.39 is 0 Å². The molecule has 0 saturated carbocycles. The first-order valence-corrected chi connectivity index (χ1v) is 12.0. The van der Waals surface area contributed by atoms with Crippen molar-refractivity contribution in [3.05, 3.63) is 40.9 Å². The van der Waals surface area contributed by atoms with Crippen molar-refractivity contribution in [3.63, 3.8) is 0 Å². The highest BCUT2D eigenvalue weighted by Crippen LogP contribution is 2.25. The first kappa shape index (κ1) is 22.7. The molecule has 8 nitrogen and oxygen atoms in total. The molecule has 32 heavy (non-hydrogen) atoms. The Morgan fingerprint density at radius 3 is 2.41 bits per heavy atom. The van der Waals surface area contributed by atoms with Crippen molar-refractivity contribution in [3.8, 4) is 10.6 Å². The summed E-state index contributed by atoms with van der Waals surface area (Å²) in [5, 5.41) is 2.89. The van der Waals surface area contributed by atoms with E-state index in [1.165, 1.54) is 5.56 Å². The van der Waals surface area contributed by atoms with Gasteiger partial charge in [-0.1, -0.05) is 24.3 Å². The Morgan fingerprint density at radius 1 is 1.03 bits per heavy atom. The third-order valence-electron chi connectivity index (χ3n) is 5.75. The van der Waals surface area contributed by atoms with Crippen molar-refractivity contribution in [1.82, 2.24) is 19.7 Å². The molecule has 172 valence electrons. The van der Waals surface area contributed by atoms with Crippen LogP contribution in [0.2, 0.25) is 0 Å². The van der Waals surface area contributed by atoms with Crippen molar-refractivity contribution in [2.45, 2.75) is 19.9 Å². The van der Waals surface area contributed by atoms with Crippen LogP contribution >= 0.6 is 11.3 Å². The molecule has 0 bridgehead atoms. The van der Waals surface area contributed by atoms with Gasteiger partial charge in [-0.15, -0.1) is 11.3 Å². The van der Waals surface area contributed by atoms with Crippen molar-refractivity contribution < 1.29 is 19.1 Å². The molecule has 2 aromatic rings. The van der Waals surface area contributed by atoms with Crippen molar-refractivity contribution in [2.24, 2.45) is 0 Å². The quantitative estimate of drug-likeness (QED) is 0.662. The number of amides is 2. The molecule has 0 radical (unpaired) electrons. The lowest BCUT2D eigenvalue weighted by Gasteiger charge is -2.34. The first-order valence-electron chi connectivity index (χ1n) is 11.2. The minimum Gasteiger partial charge on any atom is -0.450 e. The second kappa shape index (κ2) is 10.9. The molecule has 2 amide bonds. The Hall–Kier alpha value is -2.49. The number of rotatable bonds is 6. The van der Waals surface area contributed by atoms with Gasteiger partial charge < -0.3 is 19.3 Å². The van der Waals surface area contributed by atoms with Gasteiger partial charge in [0, 0.05) is 56.8 Å². The lowest BCUT2D eigenvalue weighted by atomic mass is 10.1. The number of thiazole rings is 1. The maximum atomic E-state index is 12.7. The zero-order valence-corrected chi connectivity index (χ0v) is 19.3. The highest BCUT2D eigenvalue weighted by atomic mass is 32.1. The summed E-state index contributed by atoms with van der Waals surface area (Å²) in [5.41, 5.74) is 3.15. The van der Waals surface area contributed by atoms with E-state index >= 15 is 0 Å². The Bertz CT molecular complexity index is 903. The maximum absolute atomic E-state index is 12.7. The summed E-state index contributed by atoms with van der Waals surface area (Å²) in [6.07, 6.45) is -0.0231. The van der Waals surface area contributed by atoms with Gasteiger partial charge in [0.15, 0.2) is 0 Å². The molecule has 3 heterocycles. The molecule has 4 rings (SSSR count). The van der Waals surface area contributed by atoms with Gasteiger partial charge in [-0.25, -0.2) is 9.78 Å². The summed E-state index contributed by atoms with van der Waals surface area (Å²) in [6, 6.07) is 8.52. The molecular formula is C23H30N4O4S. The predicted octanol–water partition coefficient (Wildman–Crippen LogP) is 2.49. The molecule has 1 aromatic carbocycles. The van der Waals surface area contributed by atoms with Crippen LogP contribution in [-0.2, 0) is 27.2 Å². The van der Waals surface area contributed by atoms with E-state index in [0.29, 0.717) is 32.8 Å². The van der Waals surface area contributed by atoms with Crippen molar-refractivity contribution in [1.29, 1.82) is 0 Å². The van der Waals surface area contributed by atoms with E-state index in [2.05, 4.69) is 34.1 Å². The van der Waals surface area contributed by atoms with Crippen LogP contribution in [0.4, 0.5) is 4.79 Å². The van der Waals surface area contributed by atoms with Gasteiger partial charge in [0.25, 0.3) is 0 Å². The van der Waals surface area contributed by atoms with E-state index in [1.807, 2.05) is 5.38 Å². The fourth-order valence-electron chi connectivity index (χ4n) is 3.91. The lowest BCUT2D eigenvalue weighted by molar-refractivity contribution is -0.132. The number of carbonyl (C=O) groups excluding carboxylic acids is 2. The minimum atomic E-state index is -0.306. The number of morpholine rings is 1. The standard InChI is InChI=1S/C23H30N4O4S/c1-2-31-23(29)27-9-7-26(8-10-27)21(28)15-20-17-32-22(24-20)19-5-3-18(4-6-19)16-25-11-13-30-14-12-25/h3-6,17H,2,7-16H2,1H3. The van der Waals surface area contributed by atoms with Gasteiger partial charge in [0.1, 0.15) is 5.01 Å². The molecule has 0 spiro atoms. The SMILES string of the molecule is CCOC(=O)N1CCN(C(=O)Cc2csc(-c3ccc(CN4CCOCC4)cc3)n2)CC1. The minimum absolute atomic E-state index is 0.0474. The predicted molar refractivity (Wildman–Crippen MR) is 123 cm³/mol. The number of hydrogen-bond acceptors (Lipinski definition) is 7. The molecule has 2 saturated heterocycles. The summed E-state index contributed by atoms with van der Waals surface area (Å²) in [7, 11) is 0. The Labute approximate surface area is 192 Å². The molecule has 9 heteroatoms. The number of hydrogen-bond donors (Lipinski definition) is 0. The summed E-state index contributed by atoms with van der Waals surface area (Å²) in [4.78, 5) is 35.0. The normalized spacial score (nSPS) is 17.4. The van der Waals surface area contributed by atoms with Crippen molar-refractivity contribution in [2.75, 3.05) is 59.1 Å². The summed E-state index contributed by atoms with van der Waals surface area (Å²) in [5.74, 6) is 0.0474. The Balaban J connectivity index is 1.28. The van der Waals surface area contributed by atoms with E-state index in [0.717, 1.165) is 49.1 Å². The highest BCUT2D eigenvalue weighted by Gasteiger charge is 2.25. The zero-order valence-electron chi connectivity index (χ0n) is 18.5. The number of carbonyl (C=O) groups is 2. The van der Waals surface area contributed by atoms with Crippen LogP contribution in [-0.4, -0.2) is 90.8 Å². The molecule has 2 aliphatic heterocycles. The van der Waals surface area contributed by atoms with Crippen LogP contribution < -0.4 is 0 Å². The van der Waals surface area contributed by atoms with Gasteiger partial charge in [-0.3, -0.25) is 9.69 Å². The fraction of sp³-hybridized carbons (Fsp3) is 0.522. The highest BCUT2D eigenvalue weighted by molar-refractivity contribution is 7.13. The fourth-order valence-corrected chi connectivity index (χ4v) is 4.74. The van der Waals surface area contributed by atoms with E-state index in [1.54, 1.807) is 28.1 Å². The molecule has 2 aliphatic rings. The lowest BCUT2D eigenvalue weighted by Crippen LogP contribution is -2.51. The summed E-state index contributed by atoms with van der Waals surface area (Å²) in [6.45, 7) is 8.71. The topological polar surface area (TPSA) is 75.2 Å². The average molecular weight is 459 g/mol. The third kappa shape index (κ3) is 5.85. The van der Waals surface area contributed by atoms with Crippen LogP contribution in [0.15, 0.2) is 29.6 Å². The Morgan fingerprint density at radius 2 is 1.72 bits per heavy atom. The second-order valence-electron chi connectivity index (χ2n) is 7.97. The van der Waals surface area contributed by atoms with Crippen LogP contribution in [0.3, 0.4) is 0 Å². The molecule has 0 unspecified atom stereocenters. The molecule has 0 N–H and O–H groups in total. The largest absolute Gasteiger partial charge is 0.450 e. The van der Waals surface area contributed by atoms with Crippen LogP contribution in [0.1, 0.15) is 18.2 Å². The van der Waals surface area contributed by atoms with Gasteiger partial charge in [-0.2, -0.15) is 0 Å². The average Bonchev–Trinajstić information content (AvgIpc) is 3.29. The van der Waals surface area contributed by atoms with Crippen molar-refractivity contribution >= 4 is 23.3 Å². The molecule has 2 fully saturated rings. The maximum Gasteiger partial charge on any atom is 0.409 e. The zero-order chi connectivity index (χ0) is 22.3. The number of benzene rings is 1. The number of aromatic nitrogens is 1. The van der Waals surface area contributed by atoms with Gasteiger partial charge in [0.05, 0.1) is 31.9 Å². The summed E-state index contributed by atoms with van der Waals surface area (Å²) < 4.78 is 10.4. The van der Waals surface area contributed by atoms with Gasteiger partial charge in [0.2, 0.25) is 5.91 Å². The monoisotopic (exact) mass is 458 g/mol. The molecule has 1 aromatic heterocycles. The van der Waals surface area contributed by atoms with Crippen LogP contribution in [0.25, 0.3) is 10.6 Å². The van der Waals surface area contributed by atoms with Gasteiger partial charge >= 0.3 is 6.09 Å². The molecule has 0 atom stereocenters. The Kier molecular flexibility index (Phi) is 7.72. The number of nitrogens with zero attached hydrogens (tertiary/aromatic N) is 4. The van der Waals surface area contributed by atoms with E-state index in [4.69, 9.17) is 9.47 Å². The number of ether oxygens (including phenoxy) is 2. The second-order valence-corrected chi connectivity index (χ2v) is 8.83. The summed E-state index contributed by atoms with van der Waals surface area (Å²) >= 11 is 1.56. The van der Waals surface area contributed by atoms with Crippen LogP contribution in [0, 0.1) is 0 Å².